The van der Waals surface area contributed by atoms with Crippen molar-refractivity contribution in [3.8, 4) is 0 Å². The summed E-state index contributed by atoms with van der Waals surface area (Å²) in [4.78, 5) is 2.23. The van der Waals surface area contributed by atoms with Crippen LogP contribution in [-0.4, -0.2) is 41.4 Å². The number of aryl methyl sites for hydroxylation is 1. The normalized spacial score (nSPS) is 21.6. The molecule has 2 atom stereocenters. The molecule has 0 aromatic carbocycles. The minimum Gasteiger partial charge on any atom is -0.308 e. The summed E-state index contributed by atoms with van der Waals surface area (Å²) in [6.45, 7) is 3.33. The Morgan fingerprint density at radius 1 is 1.59 bits per heavy atom. The fourth-order valence-electron chi connectivity index (χ4n) is 2.82. The van der Waals surface area contributed by atoms with Crippen LogP contribution in [0.2, 0.25) is 0 Å². The van der Waals surface area contributed by atoms with Gasteiger partial charge < -0.3 is 10.2 Å². The lowest BCUT2D eigenvalue weighted by Crippen LogP contribution is -2.39. The lowest BCUT2D eigenvalue weighted by atomic mass is 9.92. The van der Waals surface area contributed by atoms with Crippen molar-refractivity contribution in [2.75, 3.05) is 20.6 Å². The van der Waals surface area contributed by atoms with Crippen molar-refractivity contribution in [2.45, 2.75) is 38.3 Å². The molecule has 1 aromatic heterocycles. The molecule has 1 N–H and O–H groups in total. The highest BCUT2D eigenvalue weighted by Crippen LogP contribution is 2.29. The van der Waals surface area contributed by atoms with Gasteiger partial charge in [0.25, 0.3) is 0 Å². The van der Waals surface area contributed by atoms with Crippen LogP contribution in [0.25, 0.3) is 0 Å². The average Bonchev–Trinajstić information content (AvgIpc) is 2.61. The first kappa shape index (κ1) is 12.6. The highest BCUT2D eigenvalue weighted by Gasteiger charge is 2.24. The first-order valence-corrected chi connectivity index (χ1v) is 6.49. The Morgan fingerprint density at radius 3 is 3.06 bits per heavy atom. The largest absolute Gasteiger partial charge is 0.308 e. The molecule has 1 aliphatic rings. The van der Waals surface area contributed by atoms with Gasteiger partial charge in [0.15, 0.2) is 0 Å². The Hall–Kier alpha value is -0.870. The standard InChI is InChI=1S/C13H24N4/c1-10(9-16(2)3)15-12-6-5-7-13-11(12)8-14-17(13)4/h8,10,12,15H,5-7,9H2,1-4H3. The van der Waals surface area contributed by atoms with Crippen LogP contribution in [0.3, 0.4) is 0 Å². The van der Waals surface area contributed by atoms with E-state index in [0.29, 0.717) is 12.1 Å². The molecule has 0 fully saturated rings. The van der Waals surface area contributed by atoms with Crippen LogP contribution in [0, 0.1) is 0 Å². The Balaban J connectivity index is 2.03. The fourth-order valence-corrected chi connectivity index (χ4v) is 2.82. The van der Waals surface area contributed by atoms with Gasteiger partial charge in [-0.15, -0.1) is 0 Å². The number of likely N-dealkylation sites (N-methyl/N-ethyl adjacent to an activating group) is 1. The average molecular weight is 236 g/mol. The molecule has 0 aliphatic heterocycles. The van der Waals surface area contributed by atoms with Crippen molar-refractivity contribution in [1.82, 2.24) is 20.0 Å². The van der Waals surface area contributed by atoms with Crippen LogP contribution >= 0.6 is 0 Å². The summed E-state index contributed by atoms with van der Waals surface area (Å²) in [5, 5.41) is 8.11. The molecule has 0 spiro atoms. The molecule has 0 saturated carbocycles. The van der Waals surface area contributed by atoms with Gasteiger partial charge in [0, 0.05) is 36.9 Å². The summed E-state index contributed by atoms with van der Waals surface area (Å²) >= 11 is 0. The van der Waals surface area contributed by atoms with E-state index in [1.807, 2.05) is 17.9 Å². The van der Waals surface area contributed by atoms with E-state index in [1.165, 1.54) is 30.5 Å². The number of fused-ring (bicyclic) bond motifs is 1. The molecule has 96 valence electrons. The van der Waals surface area contributed by atoms with E-state index in [-0.39, 0.29) is 0 Å². The van der Waals surface area contributed by atoms with Gasteiger partial charge in [-0.2, -0.15) is 5.10 Å². The molecule has 2 unspecified atom stereocenters. The van der Waals surface area contributed by atoms with Gasteiger partial charge in [0.2, 0.25) is 0 Å². The lowest BCUT2D eigenvalue weighted by Gasteiger charge is -2.28. The zero-order valence-corrected chi connectivity index (χ0v) is 11.4. The fraction of sp³-hybridized carbons (Fsp3) is 0.769. The minimum absolute atomic E-state index is 0.488. The summed E-state index contributed by atoms with van der Waals surface area (Å²) < 4.78 is 2.03. The van der Waals surface area contributed by atoms with Crippen molar-refractivity contribution >= 4 is 0 Å². The van der Waals surface area contributed by atoms with Gasteiger partial charge in [0.05, 0.1) is 6.20 Å². The molecular weight excluding hydrogens is 212 g/mol. The zero-order valence-electron chi connectivity index (χ0n) is 11.4. The third-order valence-corrected chi connectivity index (χ3v) is 3.50. The van der Waals surface area contributed by atoms with Crippen molar-refractivity contribution in [1.29, 1.82) is 0 Å². The molecule has 1 heterocycles. The number of rotatable bonds is 4. The van der Waals surface area contributed by atoms with E-state index in [1.54, 1.807) is 0 Å². The van der Waals surface area contributed by atoms with Gasteiger partial charge in [-0.3, -0.25) is 4.68 Å². The van der Waals surface area contributed by atoms with Crippen molar-refractivity contribution in [2.24, 2.45) is 7.05 Å². The molecule has 1 aliphatic carbocycles. The van der Waals surface area contributed by atoms with Crippen LogP contribution < -0.4 is 5.32 Å². The Morgan fingerprint density at radius 2 is 2.35 bits per heavy atom. The third kappa shape index (κ3) is 2.87. The smallest absolute Gasteiger partial charge is 0.0540 e. The highest BCUT2D eigenvalue weighted by atomic mass is 15.3. The first-order valence-electron chi connectivity index (χ1n) is 6.49. The van der Waals surface area contributed by atoms with Crippen LogP contribution in [0.4, 0.5) is 0 Å². The molecule has 0 amide bonds. The molecule has 0 bridgehead atoms. The summed E-state index contributed by atoms with van der Waals surface area (Å²) in [5.74, 6) is 0. The number of nitrogens with one attached hydrogen (secondary N) is 1. The third-order valence-electron chi connectivity index (χ3n) is 3.50. The van der Waals surface area contributed by atoms with Crippen LogP contribution in [0.15, 0.2) is 6.20 Å². The molecule has 0 saturated heterocycles. The van der Waals surface area contributed by atoms with Crippen molar-refractivity contribution < 1.29 is 0 Å². The van der Waals surface area contributed by atoms with E-state index < -0.39 is 0 Å². The Kier molecular flexibility index (Phi) is 3.84. The summed E-state index contributed by atoms with van der Waals surface area (Å²) in [6.07, 6.45) is 5.70. The second-order valence-corrected chi connectivity index (χ2v) is 5.44. The maximum absolute atomic E-state index is 4.38. The van der Waals surface area contributed by atoms with Crippen LogP contribution in [-0.2, 0) is 13.5 Å². The number of hydrogen-bond acceptors (Lipinski definition) is 3. The zero-order chi connectivity index (χ0) is 12.4. The van der Waals surface area contributed by atoms with E-state index in [2.05, 4.69) is 36.3 Å². The van der Waals surface area contributed by atoms with Crippen LogP contribution in [0.1, 0.15) is 37.1 Å². The van der Waals surface area contributed by atoms with E-state index in [0.717, 1.165) is 6.54 Å². The summed E-state index contributed by atoms with van der Waals surface area (Å²) in [7, 11) is 6.29. The second-order valence-electron chi connectivity index (χ2n) is 5.44. The van der Waals surface area contributed by atoms with E-state index in [4.69, 9.17) is 0 Å². The van der Waals surface area contributed by atoms with E-state index >= 15 is 0 Å². The molecular formula is C13H24N4. The van der Waals surface area contributed by atoms with E-state index in [9.17, 15) is 0 Å². The minimum atomic E-state index is 0.488. The second kappa shape index (κ2) is 5.19. The number of hydrogen-bond donors (Lipinski definition) is 1. The topological polar surface area (TPSA) is 33.1 Å². The highest BCUT2D eigenvalue weighted by molar-refractivity contribution is 5.24. The quantitative estimate of drug-likeness (QED) is 0.856. The van der Waals surface area contributed by atoms with Gasteiger partial charge in [-0.25, -0.2) is 0 Å². The molecule has 0 radical (unpaired) electrons. The lowest BCUT2D eigenvalue weighted by molar-refractivity contribution is 0.317. The first-order chi connectivity index (χ1) is 8.08. The maximum Gasteiger partial charge on any atom is 0.0540 e. The number of aromatic nitrogens is 2. The predicted octanol–water partition coefficient (Wildman–Crippen LogP) is 1.34. The van der Waals surface area contributed by atoms with Crippen LogP contribution in [0.5, 0.6) is 0 Å². The molecule has 1 aromatic rings. The molecule has 2 rings (SSSR count). The maximum atomic E-state index is 4.38. The molecule has 17 heavy (non-hydrogen) atoms. The van der Waals surface area contributed by atoms with Gasteiger partial charge in [-0.05, 0) is 40.3 Å². The summed E-state index contributed by atoms with van der Waals surface area (Å²) in [5.41, 5.74) is 2.81. The number of nitrogens with zero attached hydrogens (tertiary/aromatic N) is 3. The Labute approximate surface area is 104 Å². The van der Waals surface area contributed by atoms with Crippen molar-refractivity contribution in [3.05, 3.63) is 17.5 Å². The van der Waals surface area contributed by atoms with Gasteiger partial charge >= 0.3 is 0 Å². The SMILES string of the molecule is CC(CN(C)C)NC1CCCc2c1cnn2C. The molecule has 4 heteroatoms. The van der Waals surface area contributed by atoms with Gasteiger partial charge in [0.1, 0.15) is 0 Å². The van der Waals surface area contributed by atoms with Crippen molar-refractivity contribution in [3.63, 3.8) is 0 Å². The van der Waals surface area contributed by atoms with Gasteiger partial charge in [-0.1, -0.05) is 0 Å². The molecule has 4 nitrogen and oxygen atoms in total. The Bertz CT molecular complexity index is 369. The monoisotopic (exact) mass is 236 g/mol. The predicted molar refractivity (Wildman–Crippen MR) is 70.0 cm³/mol. The summed E-state index contributed by atoms with van der Waals surface area (Å²) in [6, 6.07) is 1.00.